The van der Waals surface area contributed by atoms with Crippen LogP contribution in [-0.4, -0.2) is 81.0 Å². The summed E-state index contributed by atoms with van der Waals surface area (Å²) in [6.07, 6.45) is 1.85. The first-order chi connectivity index (χ1) is 12.5. The normalized spacial score (nSPS) is 18.9. The number of benzene rings is 1. The maximum absolute atomic E-state index is 13.1. The number of carbonyl (C=O) groups excluding carboxylic acids is 1. The Bertz CT molecular complexity index is 708. The van der Waals surface area contributed by atoms with Gasteiger partial charge in [-0.15, -0.1) is 0 Å². The van der Waals surface area contributed by atoms with Crippen LogP contribution in [0.3, 0.4) is 0 Å². The fraction of sp³-hybridized carbons (Fsp3) is 0.611. The Hall–Kier alpha value is -1.64. The lowest BCUT2D eigenvalue weighted by molar-refractivity contribution is 0.0367. The third kappa shape index (κ3) is 4.36. The monoisotopic (exact) mass is 381 g/mol. The van der Waals surface area contributed by atoms with Crippen molar-refractivity contribution in [2.75, 3.05) is 52.5 Å². The molecule has 0 radical (unpaired) electrons. The Labute approximate surface area is 155 Å². The van der Waals surface area contributed by atoms with Crippen LogP contribution in [0.1, 0.15) is 18.4 Å². The molecule has 0 unspecified atom stereocenters. The molecule has 0 spiro atoms. The highest BCUT2D eigenvalue weighted by molar-refractivity contribution is 7.89. The van der Waals surface area contributed by atoms with E-state index in [2.05, 4.69) is 4.90 Å². The minimum Gasteiger partial charge on any atom is -0.379 e. The predicted molar refractivity (Wildman–Crippen MR) is 98.5 cm³/mol. The molecule has 2 saturated heterocycles. The number of morpholine rings is 1. The van der Waals surface area contributed by atoms with Gasteiger partial charge >= 0.3 is 6.03 Å². The molecule has 26 heavy (non-hydrogen) atoms. The maximum Gasteiger partial charge on any atom is 0.333 e. The van der Waals surface area contributed by atoms with Gasteiger partial charge in [-0.2, -0.15) is 0 Å². The molecule has 8 heteroatoms. The van der Waals surface area contributed by atoms with Gasteiger partial charge in [0.25, 0.3) is 10.0 Å². The summed E-state index contributed by atoms with van der Waals surface area (Å²) in [5.41, 5.74) is 0.981. The van der Waals surface area contributed by atoms with Crippen molar-refractivity contribution in [3.63, 3.8) is 0 Å². The number of sulfonamides is 1. The largest absolute Gasteiger partial charge is 0.379 e. The van der Waals surface area contributed by atoms with Crippen molar-refractivity contribution in [2.45, 2.75) is 24.7 Å². The molecule has 0 bridgehead atoms. The number of urea groups is 1. The molecule has 0 saturated carbocycles. The van der Waals surface area contributed by atoms with Gasteiger partial charge in [-0.25, -0.2) is 17.5 Å². The summed E-state index contributed by atoms with van der Waals surface area (Å²) in [7, 11) is -3.87. The minimum atomic E-state index is -3.87. The van der Waals surface area contributed by atoms with Gasteiger partial charge in [0, 0.05) is 32.7 Å². The SMILES string of the molecule is Cc1ccc(S(=O)(=O)N(CCN2CCOCC2)C(=O)N2CCCC2)cc1. The van der Waals surface area contributed by atoms with E-state index < -0.39 is 16.1 Å². The number of hydrogen-bond acceptors (Lipinski definition) is 5. The Morgan fingerprint density at radius 3 is 2.31 bits per heavy atom. The number of carbonyl (C=O) groups is 1. The predicted octanol–water partition coefficient (Wildman–Crippen LogP) is 1.53. The van der Waals surface area contributed by atoms with Crippen LogP contribution < -0.4 is 0 Å². The molecule has 1 aromatic carbocycles. The molecule has 0 aliphatic carbocycles. The Morgan fingerprint density at radius 2 is 1.69 bits per heavy atom. The lowest BCUT2D eigenvalue weighted by atomic mass is 10.2. The smallest absolute Gasteiger partial charge is 0.333 e. The molecular formula is C18H27N3O4S. The second-order valence-corrected chi connectivity index (χ2v) is 8.68. The second kappa shape index (κ2) is 8.37. The van der Waals surface area contributed by atoms with E-state index in [-0.39, 0.29) is 11.4 Å². The molecule has 7 nitrogen and oxygen atoms in total. The molecule has 2 fully saturated rings. The fourth-order valence-corrected chi connectivity index (χ4v) is 4.66. The Kier molecular flexibility index (Phi) is 6.16. The molecule has 0 N–H and O–H groups in total. The average molecular weight is 381 g/mol. The van der Waals surface area contributed by atoms with Gasteiger partial charge in [-0.1, -0.05) is 17.7 Å². The molecule has 0 aromatic heterocycles. The highest BCUT2D eigenvalue weighted by atomic mass is 32.2. The van der Waals surface area contributed by atoms with Crippen LogP contribution in [0.25, 0.3) is 0 Å². The van der Waals surface area contributed by atoms with Gasteiger partial charge in [0.15, 0.2) is 0 Å². The zero-order valence-corrected chi connectivity index (χ0v) is 16.1. The first kappa shape index (κ1) is 19.1. The van der Waals surface area contributed by atoms with E-state index in [1.54, 1.807) is 29.2 Å². The topological polar surface area (TPSA) is 70.2 Å². The van der Waals surface area contributed by atoms with Gasteiger partial charge < -0.3 is 9.64 Å². The van der Waals surface area contributed by atoms with E-state index in [1.165, 1.54) is 0 Å². The number of rotatable bonds is 5. The van der Waals surface area contributed by atoms with Gasteiger partial charge in [0.05, 0.1) is 24.7 Å². The number of nitrogens with zero attached hydrogens (tertiary/aromatic N) is 3. The fourth-order valence-electron chi connectivity index (χ4n) is 3.28. The summed E-state index contributed by atoms with van der Waals surface area (Å²) in [6, 6.07) is 6.25. The average Bonchev–Trinajstić information content (AvgIpc) is 3.17. The van der Waals surface area contributed by atoms with Crippen LogP contribution in [-0.2, 0) is 14.8 Å². The molecule has 0 atom stereocenters. The van der Waals surface area contributed by atoms with Gasteiger partial charge in [-0.3, -0.25) is 4.90 Å². The summed E-state index contributed by atoms with van der Waals surface area (Å²) in [4.78, 5) is 16.9. The van der Waals surface area contributed by atoms with E-state index in [9.17, 15) is 13.2 Å². The molecule has 144 valence electrons. The van der Waals surface area contributed by atoms with E-state index >= 15 is 0 Å². The van der Waals surface area contributed by atoms with Crippen molar-refractivity contribution in [3.05, 3.63) is 29.8 Å². The molecule has 1 aromatic rings. The standard InChI is InChI=1S/C18H27N3O4S/c1-16-4-6-17(7-5-16)26(23,24)21(18(22)20-8-2-3-9-20)11-10-19-12-14-25-15-13-19/h4-7H,2-3,8-15H2,1H3. The van der Waals surface area contributed by atoms with E-state index in [1.807, 2.05) is 6.92 Å². The maximum atomic E-state index is 13.1. The minimum absolute atomic E-state index is 0.158. The lowest BCUT2D eigenvalue weighted by Gasteiger charge is -2.31. The molecule has 2 aliphatic rings. The van der Waals surface area contributed by atoms with Crippen molar-refractivity contribution in [1.29, 1.82) is 0 Å². The van der Waals surface area contributed by atoms with Gasteiger partial charge in [0.1, 0.15) is 0 Å². The van der Waals surface area contributed by atoms with Crippen LogP contribution in [0.2, 0.25) is 0 Å². The molecular weight excluding hydrogens is 354 g/mol. The number of hydrogen-bond donors (Lipinski definition) is 0. The first-order valence-electron chi connectivity index (χ1n) is 9.17. The number of amides is 2. The first-order valence-corrected chi connectivity index (χ1v) is 10.6. The summed E-state index contributed by atoms with van der Waals surface area (Å²) in [5.74, 6) is 0. The highest BCUT2D eigenvalue weighted by Crippen LogP contribution is 2.20. The van der Waals surface area contributed by atoms with E-state index in [0.717, 1.165) is 35.8 Å². The van der Waals surface area contributed by atoms with Crippen LogP contribution in [0, 0.1) is 6.92 Å². The number of likely N-dealkylation sites (tertiary alicyclic amines) is 1. The third-order valence-electron chi connectivity index (χ3n) is 4.92. The summed E-state index contributed by atoms with van der Waals surface area (Å²) >= 11 is 0. The van der Waals surface area contributed by atoms with Crippen molar-refractivity contribution >= 4 is 16.1 Å². The van der Waals surface area contributed by atoms with Crippen LogP contribution in [0.15, 0.2) is 29.2 Å². The second-order valence-electron chi connectivity index (χ2n) is 6.82. The molecule has 2 heterocycles. The van der Waals surface area contributed by atoms with Crippen LogP contribution in [0.5, 0.6) is 0 Å². The summed E-state index contributed by atoms with van der Waals surface area (Å²) < 4.78 is 32.7. The molecule has 2 amide bonds. The zero-order valence-electron chi connectivity index (χ0n) is 15.3. The van der Waals surface area contributed by atoms with E-state index in [0.29, 0.717) is 32.8 Å². The molecule has 2 aliphatic heterocycles. The Balaban J connectivity index is 1.80. The summed E-state index contributed by atoms with van der Waals surface area (Å²) in [6.45, 7) is 6.64. The van der Waals surface area contributed by atoms with Crippen molar-refractivity contribution in [1.82, 2.24) is 14.1 Å². The van der Waals surface area contributed by atoms with Crippen molar-refractivity contribution in [2.24, 2.45) is 0 Å². The van der Waals surface area contributed by atoms with Crippen LogP contribution in [0.4, 0.5) is 4.79 Å². The zero-order chi connectivity index (χ0) is 18.6. The quantitative estimate of drug-likeness (QED) is 0.774. The van der Waals surface area contributed by atoms with Gasteiger partial charge in [0.2, 0.25) is 0 Å². The number of aryl methyl sites for hydroxylation is 1. The number of ether oxygens (including phenoxy) is 1. The third-order valence-corrected chi connectivity index (χ3v) is 6.71. The van der Waals surface area contributed by atoms with E-state index in [4.69, 9.17) is 4.74 Å². The summed E-state index contributed by atoms with van der Waals surface area (Å²) in [5, 5.41) is 0. The molecule has 3 rings (SSSR count). The van der Waals surface area contributed by atoms with Crippen LogP contribution >= 0.6 is 0 Å². The Morgan fingerprint density at radius 1 is 1.08 bits per heavy atom. The highest BCUT2D eigenvalue weighted by Gasteiger charge is 2.33. The van der Waals surface area contributed by atoms with Crippen molar-refractivity contribution in [3.8, 4) is 0 Å². The van der Waals surface area contributed by atoms with Crippen molar-refractivity contribution < 1.29 is 17.9 Å². The van der Waals surface area contributed by atoms with Gasteiger partial charge in [-0.05, 0) is 31.9 Å². The lowest BCUT2D eigenvalue weighted by Crippen LogP contribution is -2.49.